The predicted octanol–water partition coefficient (Wildman–Crippen LogP) is 3.64. The Hall–Kier alpha value is -3.15. The first-order valence-electron chi connectivity index (χ1n) is 9.70. The molecule has 2 amide bonds. The zero-order valence-electron chi connectivity index (χ0n) is 16.0. The third kappa shape index (κ3) is 3.38. The summed E-state index contributed by atoms with van der Waals surface area (Å²) in [6, 6.07) is 14.7. The minimum atomic E-state index is -0.294. The molecule has 1 aromatic heterocycles. The molecular weight excluding hydrogens is 352 g/mol. The topological polar surface area (TPSA) is 86.9 Å². The van der Waals surface area contributed by atoms with Gasteiger partial charge in [0.2, 0.25) is 5.91 Å². The van der Waals surface area contributed by atoms with Gasteiger partial charge in [-0.25, -0.2) is 4.98 Å². The number of aromatic amines is 1. The van der Waals surface area contributed by atoms with E-state index in [1.54, 1.807) is 6.07 Å². The number of hydrogen-bond donors (Lipinski definition) is 3. The van der Waals surface area contributed by atoms with Gasteiger partial charge in [0.05, 0.1) is 29.5 Å². The fourth-order valence-corrected chi connectivity index (χ4v) is 3.74. The van der Waals surface area contributed by atoms with E-state index < -0.39 is 0 Å². The summed E-state index contributed by atoms with van der Waals surface area (Å²) in [7, 11) is 0. The number of benzene rings is 2. The number of carbonyl (C=O) groups is 2. The van der Waals surface area contributed by atoms with Gasteiger partial charge < -0.3 is 15.6 Å². The standard InChI is InChI=1S/C22H24N4O2/c1-3-13(2)20(21-23-16-10-6-7-11-17(16)24-21)26-19(27)12-18-14-8-4-5-9-15(14)22(28)25-18/h4-11,13,18,20H,3,12H2,1-2H3,(H,23,24)(H,25,28)(H,26,27)/t13-,18-,20-/m0/s1. The molecule has 4 rings (SSSR count). The molecule has 6 heteroatoms. The van der Waals surface area contributed by atoms with Crippen LogP contribution in [0.1, 0.15) is 60.5 Å². The molecule has 0 saturated carbocycles. The summed E-state index contributed by atoms with van der Waals surface area (Å²) in [6.45, 7) is 4.20. The molecule has 28 heavy (non-hydrogen) atoms. The number of nitrogens with zero attached hydrogens (tertiary/aromatic N) is 1. The van der Waals surface area contributed by atoms with E-state index in [4.69, 9.17) is 0 Å². The van der Waals surface area contributed by atoms with Crippen LogP contribution >= 0.6 is 0 Å². The maximum Gasteiger partial charge on any atom is 0.252 e. The van der Waals surface area contributed by atoms with Gasteiger partial charge in [0.15, 0.2) is 0 Å². The van der Waals surface area contributed by atoms with E-state index in [-0.39, 0.29) is 36.2 Å². The highest BCUT2D eigenvalue weighted by molar-refractivity contribution is 5.99. The largest absolute Gasteiger partial charge is 0.346 e. The highest BCUT2D eigenvalue weighted by Gasteiger charge is 2.31. The van der Waals surface area contributed by atoms with Crippen LogP contribution in [0.15, 0.2) is 48.5 Å². The zero-order valence-corrected chi connectivity index (χ0v) is 16.0. The molecule has 0 aliphatic carbocycles. The van der Waals surface area contributed by atoms with Crippen LogP contribution in [0.5, 0.6) is 0 Å². The molecule has 2 aromatic carbocycles. The Kier molecular flexibility index (Phi) is 4.86. The van der Waals surface area contributed by atoms with Gasteiger partial charge in [-0.05, 0) is 29.7 Å². The molecule has 3 aromatic rings. The number of imidazole rings is 1. The normalized spacial score (nSPS) is 17.8. The average Bonchev–Trinajstić information content (AvgIpc) is 3.27. The van der Waals surface area contributed by atoms with Gasteiger partial charge in [0.25, 0.3) is 5.91 Å². The lowest BCUT2D eigenvalue weighted by Crippen LogP contribution is -2.35. The van der Waals surface area contributed by atoms with E-state index >= 15 is 0 Å². The molecule has 144 valence electrons. The minimum absolute atomic E-state index is 0.104. The van der Waals surface area contributed by atoms with E-state index in [1.165, 1.54) is 0 Å². The lowest BCUT2D eigenvalue weighted by molar-refractivity contribution is -0.122. The van der Waals surface area contributed by atoms with Crippen molar-refractivity contribution in [2.24, 2.45) is 5.92 Å². The number of hydrogen-bond acceptors (Lipinski definition) is 3. The highest BCUT2D eigenvalue weighted by atomic mass is 16.2. The summed E-state index contributed by atoms with van der Waals surface area (Å²) >= 11 is 0. The molecular formula is C22H24N4O2. The number of aromatic nitrogens is 2. The SMILES string of the molecule is CC[C@H](C)[C@H](NC(=O)C[C@@H]1NC(=O)c2ccccc21)c1nc2ccccc2[nH]1. The van der Waals surface area contributed by atoms with Crippen molar-refractivity contribution in [3.8, 4) is 0 Å². The van der Waals surface area contributed by atoms with Crippen molar-refractivity contribution in [1.29, 1.82) is 0 Å². The zero-order chi connectivity index (χ0) is 19.7. The van der Waals surface area contributed by atoms with Gasteiger partial charge in [-0.2, -0.15) is 0 Å². The quantitative estimate of drug-likeness (QED) is 0.614. The summed E-state index contributed by atoms with van der Waals surface area (Å²) in [5.74, 6) is 0.756. The Bertz CT molecular complexity index is 993. The second kappa shape index (κ2) is 7.46. The summed E-state index contributed by atoms with van der Waals surface area (Å²) in [6.07, 6.45) is 1.11. The number of fused-ring (bicyclic) bond motifs is 2. The Morgan fingerprint density at radius 3 is 2.71 bits per heavy atom. The molecule has 3 N–H and O–H groups in total. The molecule has 1 aliphatic rings. The maximum atomic E-state index is 12.8. The summed E-state index contributed by atoms with van der Waals surface area (Å²) < 4.78 is 0. The first-order valence-corrected chi connectivity index (χ1v) is 9.70. The van der Waals surface area contributed by atoms with Crippen LogP contribution in [-0.4, -0.2) is 21.8 Å². The van der Waals surface area contributed by atoms with Gasteiger partial charge in [-0.15, -0.1) is 0 Å². The first-order chi connectivity index (χ1) is 13.6. The number of rotatable bonds is 6. The second-order valence-electron chi connectivity index (χ2n) is 7.39. The van der Waals surface area contributed by atoms with E-state index in [9.17, 15) is 9.59 Å². The Morgan fingerprint density at radius 2 is 1.93 bits per heavy atom. The van der Waals surface area contributed by atoms with E-state index in [0.717, 1.165) is 28.8 Å². The lowest BCUT2D eigenvalue weighted by atomic mass is 9.97. The van der Waals surface area contributed by atoms with Gasteiger partial charge >= 0.3 is 0 Å². The predicted molar refractivity (Wildman–Crippen MR) is 108 cm³/mol. The van der Waals surface area contributed by atoms with E-state index in [0.29, 0.717) is 5.56 Å². The molecule has 2 heterocycles. The van der Waals surface area contributed by atoms with Gasteiger partial charge in [-0.3, -0.25) is 9.59 Å². The number of nitrogens with one attached hydrogen (secondary N) is 3. The van der Waals surface area contributed by atoms with Crippen LogP contribution < -0.4 is 10.6 Å². The summed E-state index contributed by atoms with van der Waals surface area (Å²) in [5.41, 5.74) is 3.37. The highest BCUT2D eigenvalue weighted by Crippen LogP contribution is 2.29. The Morgan fingerprint density at radius 1 is 1.18 bits per heavy atom. The van der Waals surface area contributed by atoms with Crippen molar-refractivity contribution in [1.82, 2.24) is 20.6 Å². The van der Waals surface area contributed by atoms with Crippen LogP contribution in [0.3, 0.4) is 0 Å². The first kappa shape index (κ1) is 18.2. The van der Waals surface area contributed by atoms with Crippen molar-refractivity contribution >= 4 is 22.8 Å². The van der Waals surface area contributed by atoms with Gasteiger partial charge in [0, 0.05) is 5.56 Å². The average molecular weight is 376 g/mol. The van der Waals surface area contributed by atoms with Crippen molar-refractivity contribution in [2.45, 2.75) is 38.8 Å². The second-order valence-corrected chi connectivity index (χ2v) is 7.39. The Labute approximate surface area is 163 Å². The molecule has 0 saturated heterocycles. The van der Waals surface area contributed by atoms with Crippen LogP contribution in [-0.2, 0) is 4.79 Å². The Balaban J connectivity index is 1.53. The fourth-order valence-electron chi connectivity index (χ4n) is 3.74. The number of para-hydroxylation sites is 2. The van der Waals surface area contributed by atoms with Crippen LogP contribution in [0, 0.1) is 5.92 Å². The fraction of sp³-hybridized carbons (Fsp3) is 0.318. The minimum Gasteiger partial charge on any atom is -0.346 e. The smallest absolute Gasteiger partial charge is 0.252 e. The lowest BCUT2D eigenvalue weighted by Gasteiger charge is -2.23. The van der Waals surface area contributed by atoms with Crippen LogP contribution in [0.25, 0.3) is 11.0 Å². The molecule has 0 fully saturated rings. The van der Waals surface area contributed by atoms with Crippen LogP contribution in [0.4, 0.5) is 0 Å². The van der Waals surface area contributed by atoms with Gasteiger partial charge in [-0.1, -0.05) is 50.6 Å². The monoisotopic (exact) mass is 376 g/mol. The van der Waals surface area contributed by atoms with E-state index in [2.05, 4.69) is 34.4 Å². The van der Waals surface area contributed by atoms with Crippen molar-refractivity contribution in [3.05, 3.63) is 65.5 Å². The van der Waals surface area contributed by atoms with Crippen LogP contribution in [0.2, 0.25) is 0 Å². The number of H-pyrrole nitrogens is 1. The van der Waals surface area contributed by atoms with Crippen molar-refractivity contribution in [3.63, 3.8) is 0 Å². The third-order valence-electron chi connectivity index (χ3n) is 5.51. The molecule has 0 radical (unpaired) electrons. The number of carbonyl (C=O) groups excluding carboxylic acids is 2. The van der Waals surface area contributed by atoms with Crippen molar-refractivity contribution in [2.75, 3.05) is 0 Å². The maximum absolute atomic E-state index is 12.8. The molecule has 0 spiro atoms. The van der Waals surface area contributed by atoms with Crippen molar-refractivity contribution < 1.29 is 9.59 Å². The molecule has 0 unspecified atom stereocenters. The molecule has 1 aliphatic heterocycles. The molecule has 6 nitrogen and oxygen atoms in total. The number of amides is 2. The molecule has 3 atom stereocenters. The summed E-state index contributed by atoms with van der Waals surface area (Å²) in [5, 5.41) is 6.04. The molecule has 0 bridgehead atoms. The van der Waals surface area contributed by atoms with E-state index in [1.807, 2.05) is 42.5 Å². The van der Waals surface area contributed by atoms with Gasteiger partial charge in [0.1, 0.15) is 5.82 Å². The third-order valence-corrected chi connectivity index (χ3v) is 5.51. The summed E-state index contributed by atoms with van der Waals surface area (Å²) in [4.78, 5) is 32.9.